The average Bonchev–Trinajstić information content (AvgIpc) is 2.19. The Morgan fingerprint density at radius 3 is 2.93 bits per heavy atom. The van der Waals surface area contributed by atoms with Crippen LogP contribution in [0, 0.1) is 11.8 Å². The Morgan fingerprint density at radius 1 is 1.60 bits per heavy atom. The second-order valence-corrected chi connectivity index (χ2v) is 3.13. The number of nitrogens with two attached hydrogens (primary N) is 2. The molecular formula is C10H14N4O. The van der Waals surface area contributed by atoms with Gasteiger partial charge in [0.15, 0.2) is 0 Å². The van der Waals surface area contributed by atoms with Crippen LogP contribution in [0.25, 0.3) is 0 Å². The van der Waals surface area contributed by atoms with Crippen LogP contribution in [0.3, 0.4) is 0 Å². The predicted octanol–water partition coefficient (Wildman–Crippen LogP) is 0.156. The first-order chi connectivity index (χ1) is 7.13. The molecule has 1 atom stereocenters. The molecule has 0 amide bonds. The van der Waals surface area contributed by atoms with E-state index in [0.717, 1.165) is 0 Å². The van der Waals surface area contributed by atoms with E-state index in [-0.39, 0.29) is 12.0 Å². The maximum atomic E-state index is 5.57. The second-order valence-electron chi connectivity index (χ2n) is 3.13. The molecule has 1 rings (SSSR count). The summed E-state index contributed by atoms with van der Waals surface area (Å²) in [5.41, 5.74) is 11.6. The van der Waals surface area contributed by atoms with Crippen LogP contribution in [-0.2, 0) is 0 Å². The highest BCUT2D eigenvalue weighted by molar-refractivity contribution is 5.42. The topological polar surface area (TPSA) is 87.0 Å². The van der Waals surface area contributed by atoms with Crippen LogP contribution < -0.4 is 16.2 Å². The molecule has 4 N–H and O–H groups in total. The van der Waals surface area contributed by atoms with Gasteiger partial charge >= 0.3 is 0 Å². The summed E-state index contributed by atoms with van der Waals surface area (Å²) in [6.07, 6.45) is 2.16. The molecule has 1 heterocycles. The van der Waals surface area contributed by atoms with Gasteiger partial charge in [0.2, 0.25) is 11.8 Å². The third-order valence-electron chi connectivity index (χ3n) is 1.61. The van der Waals surface area contributed by atoms with E-state index in [1.807, 2.05) is 6.92 Å². The Bertz CT molecular complexity index is 392. The quantitative estimate of drug-likeness (QED) is 0.673. The van der Waals surface area contributed by atoms with Crippen molar-refractivity contribution in [2.24, 2.45) is 5.73 Å². The van der Waals surface area contributed by atoms with E-state index >= 15 is 0 Å². The number of anilines is 1. The molecule has 1 aromatic rings. The van der Waals surface area contributed by atoms with Gasteiger partial charge in [-0.3, -0.25) is 0 Å². The lowest BCUT2D eigenvalue weighted by atomic mass is 10.2. The average molecular weight is 206 g/mol. The van der Waals surface area contributed by atoms with E-state index in [2.05, 4.69) is 21.8 Å². The number of methoxy groups -OCH3 is 1. The van der Waals surface area contributed by atoms with Crippen LogP contribution in [0.2, 0.25) is 0 Å². The number of rotatable bonds is 2. The molecule has 5 heteroatoms. The predicted molar refractivity (Wildman–Crippen MR) is 58.1 cm³/mol. The zero-order chi connectivity index (χ0) is 11.3. The largest absolute Gasteiger partial charge is 0.480 e. The molecule has 1 aromatic heterocycles. The van der Waals surface area contributed by atoms with E-state index in [0.29, 0.717) is 17.9 Å². The van der Waals surface area contributed by atoms with Gasteiger partial charge in [0, 0.05) is 12.5 Å². The molecule has 80 valence electrons. The maximum absolute atomic E-state index is 5.57. The zero-order valence-electron chi connectivity index (χ0n) is 8.82. The molecule has 5 nitrogen and oxygen atoms in total. The molecule has 0 aliphatic heterocycles. The van der Waals surface area contributed by atoms with Crippen molar-refractivity contribution < 1.29 is 4.74 Å². The first-order valence-electron chi connectivity index (χ1n) is 4.54. The van der Waals surface area contributed by atoms with Gasteiger partial charge in [0.25, 0.3) is 0 Å². The molecule has 0 fully saturated rings. The molecule has 15 heavy (non-hydrogen) atoms. The second kappa shape index (κ2) is 5.17. The van der Waals surface area contributed by atoms with Gasteiger partial charge in [-0.2, -0.15) is 4.98 Å². The molecule has 0 bridgehead atoms. The molecule has 0 radical (unpaired) electrons. The zero-order valence-corrected chi connectivity index (χ0v) is 8.82. The summed E-state index contributed by atoms with van der Waals surface area (Å²) in [7, 11) is 1.51. The fourth-order valence-electron chi connectivity index (χ4n) is 0.928. The van der Waals surface area contributed by atoms with Gasteiger partial charge in [-0.15, -0.1) is 0 Å². The number of nitrogen functional groups attached to an aromatic ring is 1. The fourth-order valence-corrected chi connectivity index (χ4v) is 0.928. The van der Waals surface area contributed by atoms with Crippen molar-refractivity contribution in [1.29, 1.82) is 0 Å². The minimum absolute atomic E-state index is 0.0539. The SMILES string of the molecule is COc1nc(N)ncc1C#CC[C@H](C)N. The van der Waals surface area contributed by atoms with Crippen LogP contribution >= 0.6 is 0 Å². The minimum Gasteiger partial charge on any atom is -0.480 e. The van der Waals surface area contributed by atoms with Gasteiger partial charge in [-0.05, 0) is 6.92 Å². The van der Waals surface area contributed by atoms with E-state index < -0.39 is 0 Å². The highest BCUT2D eigenvalue weighted by Crippen LogP contribution is 2.12. The fraction of sp³-hybridized carbons (Fsp3) is 0.400. The molecular weight excluding hydrogens is 192 g/mol. The molecule has 0 saturated carbocycles. The van der Waals surface area contributed by atoms with Crippen LogP contribution in [0.4, 0.5) is 5.95 Å². The number of hydrogen-bond acceptors (Lipinski definition) is 5. The summed E-state index contributed by atoms with van der Waals surface area (Å²) in [6.45, 7) is 1.89. The third kappa shape index (κ3) is 3.44. The smallest absolute Gasteiger partial charge is 0.234 e. The van der Waals surface area contributed by atoms with Crippen molar-refractivity contribution in [2.45, 2.75) is 19.4 Å². The summed E-state index contributed by atoms with van der Waals surface area (Å²) >= 11 is 0. The van der Waals surface area contributed by atoms with Crippen molar-refractivity contribution in [3.05, 3.63) is 11.8 Å². The Hall–Kier alpha value is -1.80. The molecule has 0 spiro atoms. The van der Waals surface area contributed by atoms with Gasteiger partial charge in [0.1, 0.15) is 5.56 Å². The molecule has 0 saturated heterocycles. The lowest BCUT2D eigenvalue weighted by Gasteiger charge is -2.01. The molecule has 0 aromatic carbocycles. The Kier molecular flexibility index (Phi) is 3.89. The Balaban J connectivity index is 2.87. The highest BCUT2D eigenvalue weighted by atomic mass is 16.5. The van der Waals surface area contributed by atoms with E-state index in [1.165, 1.54) is 13.3 Å². The standard InChI is InChI=1S/C10H14N4O/c1-7(11)4-3-5-8-6-13-10(12)14-9(8)15-2/h6-7H,4,11H2,1-2H3,(H2,12,13,14)/t7-/m0/s1. The lowest BCUT2D eigenvalue weighted by Crippen LogP contribution is -2.12. The van der Waals surface area contributed by atoms with E-state index in [4.69, 9.17) is 16.2 Å². The van der Waals surface area contributed by atoms with Crippen molar-refractivity contribution in [1.82, 2.24) is 9.97 Å². The van der Waals surface area contributed by atoms with Gasteiger partial charge in [-0.1, -0.05) is 11.8 Å². The summed E-state index contributed by atoms with van der Waals surface area (Å²) in [6, 6.07) is 0.0539. The van der Waals surface area contributed by atoms with Crippen molar-refractivity contribution in [3.63, 3.8) is 0 Å². The van der Waals surface area contributed by atoms with Gasteiger partial charge in [-0.25, -0.2) is 4.98 Å². The van der Waals surface area contributed by atoms with Crippen molar-refractivity contribution in [3.8, 4) is 17.7 Å². The van der Waals surface area contributed by atoms with Gasteiger partial charge in [0.05, 0.1) is 13.3 Å². The summed E-state index contributed by atoms with van der Waals surface area (Å²) < 4.78 is 5.02. The molecule has 0 aliphatic rings. The van der Waals surface area contributed by atoms with Crippen LogP contribution in [0.1, 0.15) is 18.9 Å². The summed E-state index contributed by atoms with van der Waals surface area (Å²) in [5, 5.41) is 0. The summed E-state index contributed by atoms with van der Waals surface area (Å²) in [4.78, 5) is 7.74. The number of ether oxygens (including phenoxy) is 1. The Morgan fingerprint density at radius 2 is 2.33 bits per heavy atom. The highest BCUT2D eigenvalue weighted by Gasteiger charge is 2.02. The molecule has 0 aliphatic carbocycles. The van der Waals surface area contributed by atoms with Crippen LogP contribution in [-0.4, -0.2) is 23.1 Å². The first kappa shape index (κ1) is 11.3. The van der Waals surface area contributed by atoms with Crippen molar-refractivity contribution >= 4 is 5.95 Å². The minimum atomic E-state index is 0.0539. The Labute approximate surface area is 88.9 Å². The first-order valence-corrected chi connectivity index (χ1v) is 4.54. The number of aromatic nitrogens is 2. The van der Waals surface area contributed by atoms with Crippen molar-refractivity contribution in [2.75, 3.05) is 12.8 Å². The maximum Gasteiger partial charge on any atom is 0.234 e. The third-order valence-corrected chi connectivity index (χ3v) is 1.61. The normalized spacial score (nSPS) is 11.4. The van der Waals surface area contributed by atoms with E-state index in [1.54, 1.807) is 0 Å². The monoisotopic (exact) mass is 206 g/mol. The number of nitrogens with zero attached hydrogens (tertiary/aromatic N) is 2. The lowest BCUT2D eigenvalue weighted by molar-refractivity contribution is 0.396. The molecule has 0 unspecified atom stereocenters. The van der Waals surface area contributed by atoms with E-state index in [9.17, 15) is 0 Å². The summed E-state index contributed by atoms with van der Waals surface area (Å²) in [5.74, 6) is 6.37. The number of hydrogen-bond donors (Lipinski definition) is 2. The van der Waals surface area contributed by atoms with Crippen LogP contribution in [0.5, 0.6) is 5.88 Å². The van der Waals surface area contributed by atoms with Crippen LogP contribution in [0.15, 0.2) is 6.20 Å². The van der Waals surface area contributed by atoms with Gasteiger partial charge < -0.3 is 16.2 Å².